The van der Waals surface area contributed by atoms with Crippen LogP contribution < -0.4 is 9.47 Å². The van der Waals surface area contributed by atoms with Gasteiger partial charge in [0.05, 0.1) is 25.5 Å². The Kier molecular flexibility index (Phi) is 5.06. The van der Waals surface area contributed by atoms with Crippen LogP contribution in [-0.4, -0.2) is 42.3 Å². The largest absolute Gasteiger partial charge is 0.496 e. The molecule has 2 aromatic rings. The molecule has 1 aliphatic heterocycles. The number of likely N-dealkylation sites (tertiary alicyclic amines) is 1. The highest BCUT2D eigenvalue weighted by Gasteiger charge is 2.52. The molecule has 5 heteroatoms. The van der Waals surface area contributed by atoms with Gasteiger partial charge in [0.25, 0.3) is 0 Å². The molecule has 1 aromatic carbocycles. The molecule has 0 amide bonds. The number of benzene rings is 1. The number of ether oxygens (including phenoxy) is 2. The third-order valence-electron chi connectivity index (χ3n) is 6.29. The van der Waals surface area contributed by atoms with E-state index >= 15 is 0 Å². The minimum atomic E-state index is -0.819. The number of aliphatic hydroxyl groups is 1. The first-order valence-corrected chi connectivity index (χ1v) is 9.73. The fourth-order valence-electron chi connectivity index (χ4n) is 5.00. The average Bonchev–Trinajstić information content (AvgIpc) is 2.69. The minimum Gasteiger partial charge on any atom is -0.496 e. The quantitative estimate of drug-likeness (QED) is 0.878. The average molecular weight is 368 g/mol. The van der Waals surface area contributed by atoms with Gasteiger partial charge in [0.1, 0.15) is 17.1 Å². The maximum atomic E-state index is 11.7. The number of hydrogen-bond acceptors (Lipinski definition) is 5. The molecule has 0 spiro atoms. The first-order valence-electron chi connectivity index (χ1n) is 9.73. The van der Waals surface area contributed by atoms with Gasteiger partial charge in [-0.25, -0.2) is 0 Å². The predicted octanol–water partition coefficient (Wildman–Crippen LogP) is 3.22. The van der Waals surface area contributed by atoms with Crippen molar-refractivity contribution < 1.29 is 14.6 Å². The molecule has 1 saturated heterocycles. The van der Waals surface area contributed by atoms with Crippen LogP contribution in [0.1, 0.15) is 30.5 Å². The van der Waals surface area contributed by atoms with Crippen molar-refractivity contribution in [2.75, 3.05) is 27.3 Å². The van der Waals surface area contributed by atoms with Crippen molar-refractivity contribution in [3.63, 3.8) is 0 Å². The number of methoxy groups -OCH3 is 2. The Bertz CT molecular complexity index is 744. The molecule has 1 aromatic heterocycles. The van der Waals surface area contributed by atoms with E-state index in [1.54, 1.807) is 20.4 Å². The number of piperidine rings is 1. The summed E-state index contributed by atoms with van der Waals surface area (Å²) in [5.74, 6) is 2.09. The van der Waals surface area contributed by atoms with Crippen molar-refractivity contribution in [2.45, 2.75) is 31.4 Å². The van der Waals surface area contributed by atoms with Crippen LogP contribution in [0.15, 0.2) is 42.6 Å². The van der Waals surface area contributed by atoms with E-state index in [1.807, 2.05) is 36.4 Å². The summed E-state index contributed by atoms with van der Waals surface area (Å²) in [4.78, 5) is 6.95. The van der Waals surface area contributed by atoms with Gasteiger partial charge in [-0.05, 0) is 37.1 Å². The smallest absolute Gasteiger partial charge is 0.127 e. The first-order chi connectivity index (χ1) is 13.2. The van der Waals surface area contributed by atoms with Gasteiger partial charge in [0.2, 0.25) is 0 Å². The van der Waals surface area contributed by atoms with Gasteiger partial charge < -0.3 is 14.6 Å². The number of aromatic nitrogens is 1. The number of rotatable bonds is 5. The van der Waals surface area contributed by atoms with E-state index in [2.05, 4.69) is 9.88 Å². The molecular weight excluding hydrogens is 340 g/mol. The molecule has 2 atom stereocenters. The predicted molar refractivity (Wildman–Crippen MR) is 104 cm³/mol. The topological polar surface area (TPSA) is 54.8 Å². The summed E-state index contributed by atoms with van der Waals surface area (Å²) in [5.41, 5.74) is 1.08. The summed E-state index contributed by atoms with van der Waals surface area (Å²) >= 11 is 0. The van der Waals surface area contributed by atoms with Crippen LogP contribution in [-0.2, 0) is 12.1 Å². The van der Waals surface area contributed by atoms with Gasteiger partial charge in [-0.2, -0.15) is 0 Å². The van der Waals surface area contributed by atoms with Crippen molar-refractivity contribution in [2.24, 2.45) is 11.8 Å². The lowest BCUT2D eigenvalue weighted by molar-refractivity contribution is -0.151. The molecule has 2 aliphatic rings. The summed E-state index contributed by atoms with van der Waals surface area (Å²) in [6, 6.07) is 11.8. The molecule has 1 N–H and O–H groups in total. The Morgan fingerprint density at radius 1 is 1.04 bits per heavy atom. The highest BCUT2D eigenvalue weighted by atomic mass is 16.5. The highest BCUT2D eigenvalue weighted by Crippen LogP contribution is 2.49. The lowest BCUT2D eigenvalue weighted by Crippen LogP contribution is -2.58. The van der Waals surface area contributed by atoms with Crippen molar-refractivity contribution >= 4 is 0 Å². The van der Waals surface area contributed by atoms with E-state index in [4.69, 9.17) is 9.47 Å². The fraction of sp³-hybridized carbons (Fsp3) is 0.500. The summed E-state index contributed by atoms with van der Waals surface area (Å²) in [7, 11) is 3.39. The number of fused-ring (bicyclic) bond motifs is 2. The summed E-state index contributed by atoms with van der Waals surface area (Å²) < 4.78 is 11.1. The third kappa shape index (κ3) is 3.19. The third-order valence-corrected chi connectivity index (χ3v) is 6.29. The van der Waals surface area contributed by atoms with Crippen LogP contribution in [0.5, 0.6) is 11.5 Å². The van der Waals surface area contributed by atoms with Gasteiger partial charge in [-0.15, -0.1) is 0 Å². The maximum Gasteiger partial charge on any atom is 0.127 e. The molecule has 2 bridgehead atoms. The molecule has 144 valence electrons. The van der Waals surface area contributed by atoms with Crippen molar-refractivity contribution in [1.29, 1.82) is 0 Å². The van der Waals surface area contributed by atoms with Crippen LogP contribution in [0.4, 0.5) is 0 Å². The Labute approximate surface area is 160 Å². The van der Waals surface area contributed by atoms with E-state index in [1.165, 1.54) is 6.42 Å². The number of nitrogens with zero attached hydrogens (tertiary/aromatic N) is 2. The van der Waals surface area contributed by atoms with Crippen LogP contribution in [0.2, 0.25) is 0 Å². The standard InChI is InChI=1S/C22H28N2O3/c1-26-19-9-6-10-20(27-2)18(19)15-24-13-16-7-5-8-17(14-24)22(16,25)21-11-3-4-12-23-21/h3-4,6,9-12,16-17,25H,5,7-8,13-15H2,1-2H3/t16-,17-/m1/s1. The second-order valence-corrected chi connectivity index (χ2v) is 7.70. The fourth-order valence-corrected chi connectivity index (χ4v) is 5.00. The van der Waals surface area contributed by atoms with Crippen LogP contribution in [0.3, 0.4) is 0 Å². The Balaban J connectivity index is 1.60. The Morgan fingerprint density at radius 2 is 1.70 bits per heavy atom. The zero-order chi connectivity index (χ0) is 18.9. The van der Waals surface area contributed by atoms with E-state index in [0.29, 0.717) is 0 Å². The molecule has 27 heavy (non-hydrogen) atoms. The Hall–Kier alpha value is -2.11. The van der Waals surface area contributed by atoms with Crippen LogP contribution in [0.25, 0.3) is 0 Å². The SMILES string of the molecule is COc1cccc(OC)c1CN1C[C@H]2CCC[C@H](C1)C2(O)c1ccccn1. The molecular formula is C22H28N2O3. The summed E-state index contributed by atoms with van der Waals surface area (Å²) in [5, 5.41) is 11.7. The molecule has 4 rings (SSSR count). The zero-order valence-electron chi connectivity index (χ0n) is 16.1. The second-order valence-electron chi connectivity index (χ2n) is 7.70. The van der Waals surface area contributed by atoms with Gasteiger partial charge in [0, 0.05) is 37.7 Å². The summed E-state index contributed by atoms with van der Waals surface area (Å²) in [6.45, 7) is 2.47. The van der Waals surface area contributed by atoms with E-state index in [0.717, 1.165) is 55.2 Å². The first kappa shape index (κ1) is 18.3. The number of pyridine rings is 1. The van der Waals surface area contributed by atoms with Gasteiger partial charge in [0.15, 0.2) is 0 Å². The summed E-state index contributed by atoms with van der Waals surface area (Å²) in [6.07, 6.45) is 5.03. The van der Waals surface area contributed by atoms with E-state index in [-0.39, 0.29) is 11.8 Å². The monoisotopic (exact) mass is 368 g/mol. The Morgan fingerprint density at radius 3 is 2.26 bits per heavy atom. The van der Waals surface area contributed by atoms with Crippen molar-refractivity contribution in [3.8, 4) is 11.5 Å². The van der Waals surface area contributed by atoms with Gasteiger partial charge in [-0.3, -0.25) is 9.88 Å². The van der Waals surface area contributed by atoms with Crippen molar-refractivity contribution in [1.82, 2.24) is 9.88 Å². The van der Waals surface area contributed by atoms with E-state index in [9.17, 15) is 5.11 Å². The lowest BCUT2D eigenvalue weighted by atomic mass is 9.64. The van der Waals surface area contributed by atoms with Gasteiger partial charge >= 0.3 is 0 Å². The molecule has 0 unspecified atom stereocenters. The molecule has 2 fully saturated rings. The zero-order valence-corrected chi connectivity index (χ0v) is 16.1. The normalized spacial score (nSPS) is 28.0. The highest BCUT2D eigenvalue weighted by molar-refractivity contribution is 5.44. The van der Waals surface area contributed by atoms with Crippen LogP contribution in [0, 0.1) is 11.8 Å². The van der Waals surface area contributed by atoms with Crippen molar-refractivity contribution in [3.05, 3.63) is 53.9 Å². The molecule has 2 heterocycles. The molecule has 1 saturated carbocycles. The van der Waals surface area contributed by atoms with E-state index < -0.39 is 5.60 Å². The van der Waals surface area contributed by atoms with Crippen LogP contribution >= 0.6 is 0 Å². The lowest BCUT2D eigenvalue weighted by Gasteiger charge is -2.52. The molecule has 1 aliphatic carbocycles. The number of hydrogen-bond donors (Lipinski definition) is 1. The molecule has 0 radical (unpaired) electrons. The second kappa shape index (κ2) is 7.49. The van der Waals surface area contributed by atoms with Gasteiger partial charge in [-0.1, -0.05) is 18.6 Å². The minimum absolute atomic E-state index is 0.195. The molecule has 5 nitrogen and oxygen atoms in total. The maximum absolute atomic E-state index is 11.7.